The first kappa shape index (κ1) is 19.2. The lowest BCUT2D eigenvalue weighted by molar-refractivity contribution is -0.118. The van der Waals surface area contributed by atoms with Crippen LogP contribution in [-0.2, 0) is 4.79 Å². The summed E-state index contributed by atoms with van der Waals surface area (Å²) >= 11 is 0. The lowest BCUT2D eigenvalue weighted by Crippen LogP contribution is -2.24. The number of aromatic nitrogens is 1. The number of ether oxygens (including phenoxy) is 1. The normalized spacial score (nSPS) is 14.4. The van der Waals surface area contributed by atoms with Crippen molar-refractivity contribution in [3.8, 4) is 5.75 Å². The van der Waals surface area contributed by atoms with Gasteiger partial charge in [-0.3, -0.25) is 4.79 Å². The second-order valence-corrected chi connectivity index (χ2v) is 7.55. The molecule has 5 heteroatoms. The quantitative estimate of drug-likeness (QED) is 0.671. The number of amides is 1. The number of rotatable bonds is 5. The number of hydrogen-bond acceptors (Lipinski definition) is 4. The molecule has 0 unspecified atom stereocenters. The van der Waals surface area contributed by atoms with Gasteiger partial charge in [0.1, 0.15) is 17.1 Å². The van der Waals surface area contributed by atoms with Crippen LogP contribution >= 0.6 is 0 Å². The minimum absolute atomic E-state index is 0.0525. The van der Waals surface area contributed by atoms with Gasteiger partial charge in [0.05, 0.1) is 0 Å². The van der Waals surface area contributed by atoms with Crippen molar-refractivity contribution >= 4 is 28.3 Å². The number of aryl methyl sites for hydroxylation is 1. The van der Waals surface area contributed by atoms with E-state index in [-0.39, 0.29) is 12.5 Å². The molecular formula is C24H27N3O2. The third-order valence-corrected chi connectivity index (χ3v) is 5.38. The maximum atomic E-state index is 12.4. The SMILES string of the molecule is Cc1ccccc1NC(=O)COc1cccc2ccc(N3CCCCCC3)nc12. The summed E-state index contributed by atoms with van der Waals surface area (Å²) in [6.07, 6.45) is 4.98. The van der Waals surface area contributed by atoms with E-state index in [2.05, 4.69) is 22.3 Å². The number of fused-ring (bicyclic) bond motifs is 1. The zero-order chi connectivity index (χ0) is 20.1. The molecule has 2 aromatic carbocycles. The van der Waals surface area contributed by atoms with Crippen molar-refractivity contribution in [2.45, 2.75) is 32.6 Å². The Balaban J connectivity index is 1.50. The number of nitrogens with one attached hydrogen (secondary N) is 1. The molecule has 0 radical (unpaired) electrons. The van der Waals surface area contributed by atoms with E-state index in [1.165, 1.54) is 25.7 Å². The zero-order valence-electron chi connectivity index (χ0n) is 16.9. The number of anilines is 2. The second-order valence-electron chi connectivity index (χ2n) is 7.55. The standard InChI is InChI=1S/C24H27N3O2/c1-18-9-4-5-11-20(18)25-23(28)17-29-21-12-8-10-19-13-14-22(26-24(19)21)27-15-6-2-3-7-16-27/h4-5,8-14H,2-3,6-7,15-17H2,1H3,(H,25,28). The third kappa shape index (κ3) is 4.67. The van der Waals surface area contributed by atoms with Gasteiger partial charge >= 0.3 is 0 Å². The molecule has 1 amide bonds. The van der Waals surface area contributed by atoms with Crippen molar-refractivity contribution in [1.29, 1.82) is 0 Å². The Morgan fingerprint density at radius 3 is 2.59 bits per heavy atom. The van der Waals surface area contributed by atoms with Gasteiger partial charge in [0.25, 0.3) is 5.91 Å². The molecule has 0 bridgehead atoms. The van der Waals surface area contributed by atoms with Crippen LogP contribution in [0.5, 0.6) is 5.75 Å². The summed E-state index contributed by atoms with van der Waals surface area (Å²) in [6.45, 7) is 4.00. The van der Waals surface area contributed by atoms with Crippen LogP contribution in [0.15, 0.2) is 54.6 Å². The molecule has 5 nitrogen and oxygen atoms in total. The Kier molecular flexibility index (Phi) is 5.94. The Labute approximate surface area is 171 Å². The summed E-state index contributed by atoms with van der Waals surface area (Å²) in [5, 5.41) is 3.92. The molecule has 0 saturated carbocycles. The topological polar surface area (TPSA) is 54.5 Å². The van der Waals surface area contributed by atoms with Crippen molar-refractivity contribution < 1.29 is 9.53 Å². The van der Waals surface area contributed by atoms with Crippen LogP contribution in [-0.4, -0.2) is 30.6 Å². The van der Waals surface area contributed by atoms with Crippen molar-refractivity contribution in [3.05, 3.63) is 60.2 Å². The average Bonchev–Trinajstić information content (AvgIpc) is 3.03. The molecule has 1 N–H and O–H groups in total. The molecule has 0 atom stereocenters. The fourth-order valence-electron chi connectivity index (χ4n) is 3.74. The van der Waals surface area contributed by atoms with Crippen LogP contribution in [0, 0.1) is 6.92 Å². The third-order valence-electron chi connectivity index (χ3n) is 5.38. The van der Waals surface area contributed by atoms with Crippen molar-refractivity contribution in [1.82, 2.24) is 4.98 Å². The van der Waals surface area contributed by atoms with E-state index < -0.39 is 0 Å². The Morgan fingerprint density at radius 1 is 1.00 bits per heavy atom. The first-order valence-electron chi connectivity index (χ1n) is 10.3. The van der Waals surface area contributed by atoms with E-state index in [4.69, 9.17) is 9.72 Å². The summed E-state index contributed by atoms with van der Waals surface area (Å²) in [5.41, 5.74) is 2.63. The molecule has 29 heavy (non-hydrogen) atoms. The maximum absolute atomic E-state index is 12.4. The van der Waals surface area contributed by atoms with Crippen molar-refractivity contribution in [2.24, 2.45) is 0 Å². The van der Waals surface area contributed by atoms with E-state index >= 15 is 0 Å². The number of benzene rings is 2. The molecule has 0 aliphatic carbocycles. The number of hydrogen-bond donors (Lipinski definition) is 1. The van der Waals surface area contributed by atoms with Gasteiger partial charge in [-0.2, -0.15) is 0 Å². The monoisotopic (exact) mass is 389 g/mol. The maximum Gasteiger partial charge on any atom is 0.262 e. The number of nitrogens with zero attached hydrogens (tertiary/aromatic N) is 2. The summed E-state index contributed by atoms with van der Waals surface area (Å²) in [6, 6.07) is 17.7. The van der Waals surface area contributed by atoms with Gasteiger partial charge in [-0.1, -0.05) is 43.2 Å². The molecule has 1 saturated heterocycles. The number of para-hydroxylation sites is 2. The molecule has 1 aliphatic heterocycles. The van der Waals surface area contributed by atoms with Gasteiger partial charge < -0.3 is 15.0 Å². The first-order valence-corrected chi connectivity index (χ1v) is 10.3. The van der Waals surface area contributed by atoms with E-state index in [9.17, 15) is 4.79 Å². The van der Waals surface area contributed by atoms with E-state index in [1.807, 2.05) is 49.4 Å². The smallest absolute Gasteiger partial charge is 0.262 e. The lowest BCUT2D eigenvalue weighted by Gasteiger charge is -2.22. The molecule has 0 spiro atoms. The molecule has 1 fully saturated rings. The predicted octanol–water partition coefficient (Wildman–Crippen LogP) is 4.94. The molecule has 1 aliphatic rings. The molecule has 2 heterocycles. The average molecular weight is 389 g/mol. The highest BCUT2D eigenvalue weighted by atomic mass is 16.5. The van der Waals surface area contributed by atoms with Crippen LogP contribution in [0.25, 0.3) is 10.9 Å². The van der Waals surface area contributed by atoms with E-state index in [0.717, 1.165) is 41.1 Å². The number of carbonyl (C=O) groups is 1. The van der Waals surface area contributed by atoms with Gasteiger partial charge in [-0.15, -0.1) is 0 Å². The largest absolute Gasteiger partial charge is 0.481 e. The molecule has 3 aromatic rings. The Bertz CT molecular complexity index is 994. The van der Waals surface area contributed by atoms with E-state index in [1.54, 1.807) is 0 Å². The van der Waals surface area contributed by atoms with Crippen LogP contribution < -0.4 is 15.0 Å². The lowest BCUT2D eigenvalue weighted by atomic mass is 10.2. The summed E-state index contributed by atoms with van der Waals surface area (Å²) in [7, 11) is 0. The van der Waals surface area contributed by atoms with Gasteiger partial charge in [-0.05, 0) is 49.6 Å². The predicted molar refractivity (Wildman–Crippen MR) is 118 cm³/mol. The number of pyridine rings is 1. The van der Waals surface area contributed by atoms with Crippen LogP contribution in [0.1, 0.15) is 31.2 Å². The molecule has 150 valence electrons. The van der Waals surface area contributed by atoms with Crippen LogP contribution in [0.4, 0.5) is 11.5 Å². The highest BCUT2D eigenvalue weighted by Crippen LogP contribution is 2.27. The van der Waals surface area contributed by atoms with E-state index in [0.29, 0.717) is 5.75 Å². The van der Waals surface area contributed by atoms with Crippen LogP contribution in [0.3, 0.4) is 0 Å². The highest BCUT2D eigenvalue weighted by molar-refractivity contribution is 5.93. The first-order chi connectivity index (χ1) is 14.2. The Hall–Kier alpha value is -3.08. The minimum Gasteiger partial charge on any atom is -0.481 e. The highest BCUT2D eigenvalue weighted by Gasteiger charge is 2.14. The van der Waals surface area contributed by atoms with Gasteiger partial charge in [0.2, 0.25) is 0 Å². The summed E-state index contributed by atoms with van der Waals surface area (Å²) < 4.78 is 5.87. The fraction of sp³-hybridized carbons (Fsp3) is 0.333. The zero-order valence-corrected chi connectivity index (χ0v) is 16.9. The van der Waals surface area contributed by atoms with Gasteiger partial charge in [0.15, 0.2) is 6.61 Å². The molecule has 4 rings (SSSR count). The van der Waals surface area contributed by atoms with Gasteiger partial charge in [0, 0.05) is 24.2 Å². The summed E-state index contributed by atoms with van der Waals surface area (Å²) in [4.78, 5) is 19.6. The molecule has 1 aromatic heterocycles. The van der Waals surface area contributed by atoms with Crippen molar-refractivity contribution in [3.63, 3.8) is 0 Å². The minimum atomic E-state index is -0.181. The Morgan fingerprint density at radius 2 is 1.79 bits per heavy atom. The van der Waals surface area contributed by atoms with Crippen molar-refractivity contribution in [2.75, 3.05) is 29.9 Å². The number of carbonyl (C=O) groups excluding carboxylic acids is 1. The molecular weight excluding hydrogens is 362 g/mol. The van der Waals surface area contributed by atoms with Gasteiger partial charge in [-0.25, -0.2) is 4.98 Å². The fourth-order valence-corrected chi connectivity index (χ4v) is 3.74. The van der Waals surface area contributed by atoms with Crippen LogP contribution in [0.2, 0.25) is 0 Å². The second kappa shape index (κ2) is 8.95. The summed E-state index contributed by atoms with van der Waals surface area (Å²) in [5.74, 6) is 1.44.